The lowest BCUT2D eigenvalue weighted by Gasteiger charge is -2.59. The van der Waals surface area contributed by atoms with Crippen LogP contribution in [0.1, 0.15) is 67.2 Å². The summed E-state index contributed by atoms with van der Waals surface area (Å²) in [7, 11) is 0. The van der Waals surface area contributed by atoms with Gasteiger partial charge in [0.1, 0.15) is 0 Å². The first-order valence-electron chi connectivity index (χ1n) is 7.90. The molecule has 2 fully saturated rings. The standard InChI is InChI=1S/C17H32/c1-7-14-8-12(4)9-16-15(11(2)3)10-17(16,6)13(14)5/h11-16H,7-10H2,1-6H3. The Kier molecular flexibility index (Phi) is 3.63. The molecule has 2 aliphatic carbocycles. The molecule has 2 rings (SSSR count). The maximum absolute atomic E-state index is 2.60. The highest BCUT2D eigenvalue weighted by Crippen LogP contribution is 2.63. The Balaban J connectivity index is 2.20. The van der Waals surface area contributed by atoms with E-state index in [2.05, 4.69) is 41.5 Å². The Morgan fingerprint density at radius 3 is 2.35 bits per heavy atom. The summed E-state index contributed by atoms with van der Waals surface area (Å²) >= 11 is 0. The van der Waals surface area contributed by atoms with Crippen LogP contribution in [0, 0.1) is 40.9 Å². The van der Waals surface area contributed by atoms with E-state index in [9.17, 15) is 0 Å². The van der Waals surface area contributed by atoms with Crippen LogP contribution >= 0.6 is 0 Å². The lowest BCUT2D eigenvalue weighted by Crippen LogP contribution is -2.52. The second-order valence-corrected chi connectivity index (χ2v) is 7.76. The van der Waals surface area contributed by atoms with E-state index in [1.165, 1.54) is 25.7 Å². The maximum atomic E-state index is 2.60. The smallest absolute Gasteiger partial charge is 0.0264 e. The Bertz CT molecular complexity index is 267. The summed E-state index contributed by atoms with van der Waals surface area (Å²) in [6, 6.07) is 0. The van der Waals surface area contributed by atoms with Crippen LogP contribution < -0.4 is 0 Å². The van der Waals surface area contributed by atoms with Crippen LogP contribution in [0.2, 0.25) is 0 Å². The zero-order valence-electron chi connectivity index (χ0n) is 12.8. The highest BCUT2D eigenvalue weighted by atomic mass is 14.6. The van der Waals surface area contributed by atoms with E-state index in [0.717, 1.165) is 35.5 Å². The molecule has 0 spiro atoms. The summed E-state index contributed by atoms with van der Waals surface area (Å²) in [6.07, 6.45) is 5.87. The largest absolute Gasteiger partial charge is 0.0651 e. The third-order valence-electron chi connectivity index (χ3n) is 6.53. The molecule has 0 radical (unpaired) electrons. The fourth-order valence-electron chi connectivity index (χ4n) is 5.11. The first-order chi connectivity index (χ1) is 7.90. The Labute approximate surface area is 109 Å². The van der Waals surface area contributed by atoms with E-state index in [1.54, 1.807) is 0 Å². The fraction of sp³-hybridized carbons (Fsp3) is 1.00. The lowest BCUT2D eigenvalue weighted by molar-refractivity contribution is -0.102. The van der Waals surface area contributed by atoms with Gasteiger partial charge in [0, 0.05) is 0 Å². The Hall–Kier alpha value is 0. The molecule has 2 saturated carbocycles. The average molecular weight is 236 g/mol. The SMILES string of the molecule is CCC1CC(C)CC2C(C(C)C)CC2(C)C1C. The molecule has 0 aromatic rings. The van der Waals surface area contributed by atoms with Crippen molar-refractivity contribution in [2.24, 2.45) is 40.9 Å². The second-order valence-electron chi connectivity index (χ2n) is 7.76. The molecule has 0 aliphatic heterocycles. The van der Waals surface area contributed by atoms with Gasteiger partial charge in [0.2, 0.25) is 0 Å². The fourth-order valence-corrected chi connectivity index (χ4v) is 5.11. The van der Waals surface area contributed by atoms with Gasteiger partial charge in [-0.1, -0.05) is 48.0 Å². The zero-order valence-corrected chi connectivity index (χ0v) is 12.8. The van der Waals surface area contributed by atoms with Gasteiger partial charge in [-0.05, 0) is 60.2 Å². The first kappa shape index (κ1) is 13.4. The van der Waals surface area contributed by atoms with Crippen LogP contribution in [0.25, 0.3) is 0 Å². The molecular weight excluding hydrogens is 204 g/mol. The molecular formula is C17H32. The van der Waals surface area contributed by atoms with E-state index in [0.29, 0.717) is 5.41 Å². The van der Waals surface area contributed by atoms with Crippen molar-refractivity contribution in [1.29, 1.82) is 0 Å². The van der Waals surface area contributed by atoms with Gasteiger partial charge >= 0.3 is 0 Å². The molecule has 0 bridgehead atoms. The van der Waals surface area contributed by atoms with Gasteiger partial charge < -0.3 is 0 Å². The van der Waals surface area contributed by atoms with Gasteiger partial charge in [-0.3, -0.25) is 0 Å². The molecule has 0 amide bonds. The van der Waals surface area contributed by atoms with Crippen LogP contribution in [0.4, 0.5) is 0 Å². The van der Waals surface area contributed by atoms with Gasteiger partial charge in [0.25, 0.3) is 0 Å². The molecule has 6 atom stereocenters. The van der Waals surface area contributed by atoms with Gasteiger partial charge in [-0.2, -0.15) is 0 Å². The predicted octanol–water partition coefficient (Wildman–Crippen LogP) is 5.38. The van der Waals surface area contributed by atoms with E-state index in [-0.39, 0.29) is 0 Å². The minimum Gasteiger partial charge on any atom is -0.0651 e. The molecule has 0 saturated heterocycles. The minimum atomic E-state index is 0.667. The molecule has 0 heteroatoms. The van der Waals surface area contributed by atoms with E-state index < -0.39 is 0 Å². The maximum Gasteiger partial charge on any atom is -0.0264 e. The van der Waals surface area contributed by atoms with Crippen LogP contribution in [0.5, 0.6) is 0 Å². The van der Waals surface area contributed by atoms with Gasteiger partial charge in [0.05, 0.1) is 0 Å². The molecule has 0 aromatic heterocycles. The number of fused-ring (bicyclic) bond motifs is 1. The van der Waals surface area contributed by atoms with Crippen molar-refractivity contribution in [1.82, 2.24) is 0 Å². The number of hydrogen-bond acceptors (Lipinski definition) is 0. The topological polar surface area (TPSA) is 0 Å². The normalized spacial score (nSPS) is 50.6. The summed E-state index contributed by atoms with van der Waals surface area (Å²) in [5.41, 5.74) is 0.667. The first-order valence-corrected chi connectivity index (χ1v) is 7.90. The van der Waals surface area contributed by atoms with Gasteiger partial charge in [-0.15, -0.1) is 0 Å². The van der Waals surface area contributed by atoms with Gasteiger partial charge in [0.15, 0.2) is 0 Å². The second kappa shape index (κ2) is 4.59. The molecule has 0 nitrogen and oxygen atoms in total. The minimum absolute atomic E-state index is 0.667. The van der Waals surface area contributed by atoms with Crippen molar-refractivity contribution in [3.05, 3.63) is 0 Å². The summed E-state index contributed by atoms with van der Waals surface area (Å²) in [5, 5.41) is 0. The van der Waals surface area contributed by atoms with Crippen molar-refractivity contribution >= 4 is 0 Å². The monoisotopic (exact) mass is 236 g/mol. The van der Waals surface area contributed by atoms with Crippen molar-refractivity contribution in [2.75, 3.05) is 0 Å². The molecule has 0 heterocycles. The van der Waals surface area contributed by atoms with Crippen LogP contribution in [0.3, 0.4) is 0 Å². The van der Waals surface area contributed by atoms with Crippen molar-refractivity contribution < 1.29 is 0 Å². The summed E-state index contributed by atoms with van der Waals surface area (Å²) in [6.45, 7) is 14.9. The van der Waals surface area contributed by atoms with Crippen molar-refractivity contribution in [3.63, 3.8) is 0 Å². The number of rotatable bonds is 2. The zero-order chi connectivity index (χ0) is 12.8. The predicted molar refractivity (Wildman–Crippen MR) is 75.9 cm³/mol. The van der Waals surface area contributed by atoms with Crippen LogP contribution in [-0.4, -0.2) is 0 Å². The highest BCUT2D eigenvalue weighted by Gasteiger charge is 2.56. The summed E-state index contributed by atoms with van der Waals surface area (Å²) in [5.74, 6) is 5.80. The van der Waals surface area contributed by atoms with Crippen LogP contribution in [-0.2, 0) is 0 Å². The summed E-state index contributed by atoms with van der Waals surface area (Å²) in [4.78, 5) is 0. The molecule has 2 aliphatic rings. The van der Waals surface area contributed by atoms with Crippen LogP contribution in [0.15, 0.2) is 0 Å². The highest BCUT2D eigenvalue weighted by molar-refractivity contribution is 5.05. The van der Waals surface area contributed by atoms with E-state index in [1.807, 2.05) is 0 Å². The molecule has 100 valence electrons. The third kappa shape index (κ3) is 2.06. The average Bonchev–Trinajstić information content (AvgIpc) is 2.33. The molecule has 17 heavy (non-hydrogen) atoms. The van der Waals surface area contributed by atoms with Crippen molar-refractivity contribution in [3.8, 4) is 0 Å². The van der Waals surface area contributed by atoms with E-state index in [4.69, 9.17) is 0 Å². The lowest BCUT2D eigenvalue weighted by atomic mass is 9.46. The van der Waals surface area contributed by atoms with E-state index >= 15 is 0 Å². The van der Waals surface area contributed by atoms with Gasteiger partial charge in [-0.25, -0.2) is 0 Å². The third-order valence-corrected chi connectivity index (χ3v) is 6.53. The Morgan fingerprint density at radius 1 is 1.18 bits per heavy atom. The van der Waals surface area contributed by atoms with Crippen molar-refractivity contribution in [2.45, 2.75) is 67.2 Å². The number of hydrogen-bond donors (Lipinski definition) is 0. The molecule has 0 N–H and O–H groups in total. The molecule has 0 aromatic carbocycles. The quantitative estimate of drug-likeness (QED) is 0.604. The molecule has 6 unspecified atom stereocenters. The Morgan fingerprint density at radius 2 is 1.82 bits per heavy atom. The summed E-state index contributed by atoms with van der Waals surface area (Å²) < 4.78 is 0.